The molecule has 3 radical (unpaired) electrons. The van der Waals surface area contributed by atoms with Crippen LogP contribution in [-0.2, 0) is 27.5 Å². The Morgan fingerprint density at radius 3 is 2.16 bits per heavy atom. The maximum atomic E-state index is 13.3. The van der Waals surface area contributed by atoms with Gasteiger partial charge in [0.05, 0.1) is 16.3 Å². The minimum atomic E-state index is -1.48. The van der Waals surface area contributed by atoms with E-state index in [1.54, 1.807) is 6.92 Å². The molecule has 2 atom stereocenters. The Morgan fingerprint density at radius 2 is 1.55 bits per heavy atom. The van der Waals surface area contributed by atoms with Crippen LogP contribution in [0.3, 0.4) is 0 Å². The van der Waals surface area contributed by atoms with Gasteiger partial charge in [0.1, 0.15) is 5.16 Å². The number of amides is 4. The standard InChI is InChI=1S/C28H38N5O4Si/c1-6-22(24(34)25(35)29-18-21-14-10-11-15-23(21)33(4)5)31-26(36)28(38,16-19(2)3)32-27(37)30-17-20-12-8-7-9-13-20/h7-15,19,22H,6,16-18H2,1-5H3,(H,29,35)(H,31,36)(H2,30,32,37)/t22?,28-/m0/s1. The molecule has 0 fully saturated rings. The largest absolute Gasteiger partial charge is 0.377 e. The number of para-hydroxylation sites is 1. The molecule has 4 N–H and O–H groups in total. The van der Waals surface area contributed by atoms with Crippen molar-refractivity contribution in [3.8, 4) is 0 Å². The highest BCUT2D eigenvalue weighted by Crippen LogP contribution is 2.18. The maximum Gasteiger partial charge on any atom is 0.315 e. The number of hydrogen-bond acceptors (Lipinski definition) is 5. The van der Waals surface area contributed by atoms with Crippen molar-refractivity contribution in [1.29, 1.82) is 0 Å². The van der Waals surface area contributed by atoms with E-state index < -0.39 is 34.8 Å². The Balaban J connectivity index is 2.04. The van der Waals surface area contributed by atoms with Gasteiger partial charge in [-0.15, -0.1) is 0 Å². The van der Waals surface area contributed by atoms with Crippen molar-refractivity contribution in [3.63, 3.8) is 0 Å². The van der Waals surface area contributed by atoms with Crippen LogP contribution in [0.25, 0.3) is 0 Å². The second-order valence-corrected chi connectivity index (χ2v) is 10.7. The van der Waals surface area contributed by atoms with Crippen LogP contribution in [0.15, 0.2) is 54.6 Å². The summed E-state index contributed by atoms with van der Waals surface area (Å²) in [6.45, 7) is 5.98. The summed E-state index contributed by atoms with van der Waals surface area (Å²) in [5.41, 5.74) is 2.69. The highest BCUT2D eigenvalue weighted by molar-refractivity contribution is 6.39. The molecule has 2 aromatic carbocycles. The summed E-state index contributed by atoms with van der Waals surface area (Å²) < 4.78 is 0. The van der Waals surface area contributed by atoms with Crippen molar-refractivity contribution >= 4 is 39.6 Å². The van der Waals surface area contributed by atoms with Gasteiger partial charge in [0.15, 0.2) is 0 Å². The summed E-state index contributed by atoms with van der Waals surface area (Å²) in [5, 5.41) is 9.26. The normalized spacial score (nSPS) is 13.1. The molecule has 2 aromatic rings. The van der Waals surface area contributed by atoms with Gasteiger partial charge in [-0.2, -0.15) is 0 Å². The van der Waals surface area contributed by atoms with Gasteiger partial charge in [-0.05, 0) is 36.0 Å². The first-order valence-corrected chi connectivity index (χ1v) is 13.2. The number of anilines is 1. The van der Waals surface area contributed by atoms with E-state index in [4.69, 9.17) is 0 Å². The highest BCUT2D eigenvalue weighted by Gasteiger charge is 2.38. The van der Waals surface area contributed by atoms with Gasteiger partial charge in [0, 0.05) is 32.9 Å². The van der Waals surface area contributed by atoms with E-state index in [1.807, 2.05) is 87.4 Å². The van der Waals surface area contributed by atoms with Crippen LogP contribution in [0.1, 0.15) is 44.7 Å². The number of carbonyl (C=O) groups excluding carboxylic acids is 4. The molecule has 0 aliphatic heterocycles. The second kappa shape index (κ2) is 14.3. The van der Waals surface area contributed by atoms with E-state index in [0.717, 1.165) is 16.8 Å². The van der Waals surface area contributed by atoms with Crippen LogP contribution in [0.4, 0.5) is 10.5 Å². The molecule has 0 aliphatic rings. The summed E-state index contributed by atoms with van der Waals surface area (Å²) in [4.78, 5) is 53.5. The van der Waals surface area contributed by atoms with Gasteiger partial charge < -0.3 is 26.2 Å². The molecule has 0 spiro atoms. The Hall–Kier alpha value is -3.66. The average molecular weight is 537 g/mol. The predicted molar refractivity (Wildman–Crippen MR) is 150 cm³/mol. The lowest BCUT2D eigenvalue weighted by Crippen LogP contribution is -2.64. The van der Waals surface area contributed by atoms with Crippen LogP contribution < -0.4 is 26.2 Å². The number of carbonyl (C=O) groups is 4. The molecule has 0 aliphatic carbocycles. The van der Waals surface area contributed by atoms with Crippen LogP contribution in [0, 0.1) is 5.92 Å². The molecule has 0 bridgehead atoms. The number of nitrogens with zero attached hydrogens (tertiary/aromatic N) is 1. The molecular formula is C28H38N5O4Si. The third kappa shape index (κ3) is 9.02. The lowest BCUT2D eigenvalue weighted by atomic mass is 10.0. The summed E-state index contributed by atoms with van der Waals surface area (Å²) in [5.74, 6) is -2.12. The summed E-state index contributed by atoms with van der Waals surface area (Å²) in [6.07, 6.45) is 0.461. The first-order valence-electron chi connectivity index (χ1n) is 12.7. The lowest BCUT2D eigenvalue weighted by Gasteiger charge is -2.32. The molecule has 9 nitrogen and oxygen atoms in total. The number of benzene rings is 2. The number of nitrogens with one attached hydrogen (secondary N) is 4. The average Bonchev–Trinajstić information content (AvgIpc) is 2.88. The third-order valence-corrected chi connectivity index (χ3v) is 6.45. The molecule has 0 saturated heterocycles. The van der Waals surface area contributed by atoms with Gasteiger partial charge in [0.2, 0.25) is 11.7 Å². The van der Waals surface area contributed by atoms with Gasteiger partial charge in [-0.1, -0.05) is 69.3 Å². The van der Waals surface area contributed by atoms with Crippen LogP contribution >= 0.6 is 0 Å². The molecule has 0 heterocycles. The molecular weight excluding hydrogens is 498 g/mol. The van der Waals surface area contributed by atoms with Crippen molar-refractivity contribution in [2.75, 3.05) is 19.0 Å². The number of urea groups is 1. The molecule has 4 amide bonds. The lowest BCUT2D eigenvalue weighted by molar-refractivity contribution is -0.140. The topological polar surface area (TPSA) is 120 Å². The molecule has 38 heavy (non-hydrogen) atoms. The zero-order chi connectivity index (χ0) is 28.3. The number of Topliss-reactive ketones (excluding diaryl/α,β-unsaturated/α-hetero) is 1. The number of hydrogen-bond donors (Lipinski definition) is 4. The van der Waals surface area contributed by atoms with Crippen molar-refractivity contribution in [3.05, 3.63) is 65.7 Å². The number of rotatable bonds is 13. The zero-order valence-corrected chi connectivity index (χ0v) is 23.8. The summed E-state index contributed by atoms with van der Waals surface area (Å²) >= 11 is 0. The summed E-state index contributed by atoms with van der Waals surface area (Å²) in [7, 11) is 7.26. The zero-order valence-electron chi connectivity index (χ0n) is 22.8. The highest BCUT2D eigenvalue weighted by atomic mass is 28.1. The molecule has 0 aromatic heterocycles. The fourth-order valence-electron chi connectivity index (χ4n) is 3.98. The van der Waals surface area contributed by atoms with Gasteiger partial charge in [-0.3, -0.25) is 14.4 Å². The predicted octanol–water partition coefficient (Wildman–Crippen LogP) is 2.24. The van der Waals surface area contributed by atoms with Crippen molar-refractivity contribution in [1.82, 2.24) is 21.3 Å². The fourth-order valence-corrected chi connectivity index (χ4v) is 4.57. The van der Waals surface area contributed by atoms with Crippen LogP contribution in [0.2, 0.25) is 0 Å². The van der Waals surface area contributed by atoms with Gasteiger partial charge in [0.25, 0.3) is 5.91 Å². The third-order valence-electron chi connectivity index (χ3n) is 5.89. The van der Waals surface area contributed by atoms with E-state index in [9.17, 15) is 19.2 Å². The van der Waals surface area contributed by atoms with Crippen molar-refractivity contribution in [2.45, 2.75) is 57.9 Å². The SMILES string of the molecule is CCC(NC(=O)[C@@]([Si])(CC(C)C)NC(=O)NCc1ccccc1)C(=O)C(=O)NCc1ccccc1N(C)C. The first kappa shape index (κ1) is 30.6. The summed E-state index contributed by atoms with van der Waals surface area (Å²) in [6, 6.07) is 15.3. The quantitative estimate of drug-likeness (QED) is 0.231. The van der Waals surface area contributed by atoms with Crippen molar-refractivity contribution in [2.24, 2.45) is 5.92 Å². The molecule has 10 heteroatoms. The van der Waals surface area contributed by atoms with Gasteiger partial charge >= 0.3 is 6.03 Å². The Labute approximate surface area is 228 Å². The van der Waals surface area contributed by atoms with E-state index in [0.29, 0.717) is 0 Å². The minimum absolute atomic E-state index is 0.0310. The smallest absolute Gasteiger partial charge is 0.315 e. The van der Waals surface area contributed by atoms with Crippen LogP contribution in [-0.4, -0.2) is 59.2 Å². The minimum Gasteiger partial charge on any atom is -0.377 e. The van der Waals surface area contributed by atoms with E-state index >= 15 is 0 Å². The van der Waals surface area contributed by atoms with Crippen molar-refractivity contribution < 1.29 is 19.2 Å². The fraction of sp³-hybridized carbons (Fsp3) is 0.429. The molecule has 0 saturated carbocycles. The van der Waals surface area contributed by atoms with E-state index in [1.165, 1.54) is 0 Å². The Kier molecular flexibility index (Phi) is 11.5. The van der Waals surface area contributed by atoms with E-state index in [2.05, 4.69) is 31.5 Å². The Bertz CT molecular complexity index is 1110. The maximum absolute atomic E-state index is 13.3. The molecule has 1 unspecified atom stereocenters. The number of ketones is 1. The molecule has 2 rings (SSSR count). The second-order valence-electron chi connectivity index (χ2n) is 9.80. The molecule has 203 valence electrons. The van der Waals surface area contributed by atoms with Gasteiger partial charge in [-0.25, -0.2) is 4.79 Å². The first-order chi connectivity index (χ1) is 18.0. The Morgan fingerprint density at radius 1 is 0.921 bits per heavy atom. The van der Waals surface area contributed by atoms with E-state index in [-0.39, 0.29) is 31.8 Å². The monoisotopic (exact) mass is 536 g/mol. The van der Waals surface area contributed by atoms with Crippen LogP contribution in [0.5, 0.6) is 0 Å².